The fourth-order valence-electron chi connectivity index (χ4n) is 0.698. The van der Waals surface area contributed by atoms with E-state index in [2.05, 4.69) is 15.9 Å². The summed E-state index contributed by atoms with van der Waals surface area (Å²) in [5.74, 6) is -0.376. The van der Waals surface area contributed by atoms with Crippen molar-refractivity contribution in [3.8, 4) is 11.8 Å². The minimum atomic E-state index is -0.464. The van der Waals surface area contributed by atoms with E-state index in [0.717, 1.165) is 4.47 Å². The van der Waals surface area contributed by atoms with Gasteiger partial charge in [-0.2, -0.15) is 5.26 Å². The van der Waals surface area contributed by atoms with Gasteiger partial charge in [-0.3, -0.25) is 0 Å². The predicted octanol–water partition coefficient (Wildman–Crippen LogP) is 2.49. The van der Waals surface area contributed by atoms with E-state index in [1.165, 1.54) is 12.1 Å². The summed E-state index contributed by atoms with van der Waals surface area (Å²) in [6, 6.07) is 6.08. The Bertz CT molecular complexity index is 321. The molecule has 12 heavy (non-hydrogen) atoms. The highest BCUT2D eigenvalue weighted by Gasteiger charge is 2.02. The first kappa shape index (κ1) is 9.01. The summed E-state index contributed by atoms with van der Waals surface area (Å²) in [6.45, 7) is -0.145. The number of ether oxygens (including phenoxy) is 1. The number of nitriles is 1. The van der Waals surface area contributed by atoms with Crippen LogP contribution in [-0.2, 0) is 0 Å². The van der Waals surface area contributed by atoms with Gasteiger partial charge in [0.05, 0.1) is 0 Å². The third kappa shape index (κ3) is 2.21. The van der Waals surface area contributed by atoms with E-state index in [4.69, 9.17) is 10.00 Å². The van der Waals surface area contributed by atoms with Crippen LogP contribution in [0.5, 0.6) is 5.75 Å². The number of hydrogen-bond acceptors (Lipinski definition) is 2. The van der Waals surface area contributed by atoms with Crippen molar-refractivity contribution >= 4 is 15.9 Å². The van der Waals surface area contributed by atoms with Gasteiger partial charge in [-0.05, 0) is 18.2 Å². The molecule has 0 saturated heterocycles. The smallest absolute Gasteiger partial charge is 0.174 e. The minimum Gasteiger partial charge on any atom is -0.476 e. The Morgan fingerprint density at radius 1 is 1.58 bits per heavy atom. The molecular formula is C8H5BrFNO. The summed E-state index contributed by atoms with van der Waals surface area (Å²) in [6.07, 6.45) is 0. The molecule has 0 spiro atoms. The molecule has 0 heterocycles. The summed E-state index contributed by atoms with van der Waals surface area (Å²) in [7, 11) is 0. The molecule has 0 atom stereocenters. The Hall–Kier alpha value is -1.08. The molecule has 0 saturated carbocycles. The van der Waals surface area contributed by atoms with Crippen molar-refractivity contribution in [3.63, 3.8) is 0 Å². The van der Waals surface area contributed by atoms with E-state index in [0.29, 0.717) is 0 Å². The van der Waals surface area contributed by atoms with Crippen LogP contribution in [0.1, 0.15) is 0 Å². The highest BCUT2D eigenvalue weighted by atomic mass is 79.9. The van der Waals surface area contributed by atoms with E-state index < -0.39 is 5.82 Å². The van der Waals surface area contributed by atoms with Gasteiger partial charge in [0.2, 0.25) is 0 Å². The average molecular weight is 230 g/mol. The molecule has 0 fully saturated rings. The fraction of sp³-hybridized carbons (Fsp3) is 0.125. The van der Waals surface area contributed by atoms with Crippen LogP contribution in [0.15, 0.2) is 22.7 Å². The van der Waals surface area contributed by atoms with E-state index >= 15 is 0 Å². The first-order chi connectivity index (χ1) is 5.74. The number of nitrogens with zero attached hydrogens (tertiary/aromatic N) is 1. The zero-order chi connectivity index (χ0) is 8.97. The fourth-order valence-corrected chi connectivity index (χ4v) is 1.04. The molecule has 0 unspecified atom stereocenters. The third-order valence-corrected chi connectivity index (χ3v) is 1.68. The highest BCUT2D eigenvalue weighted by Crippen LogP contribution is 2.21. The quantitative estimate of drug-likeness (QED) is 0.781. The molecule has 0 aromatic heterocycles. The molecule has 0 aliphatic rings. The lowest BCUT2D eigenvalue weighted by molar-refractivity contribution is 0.346. The van der Waals surface area contributed by atoms with Crippen LogP contribution in [-0.4, -0.2) is 6.61 Å². The molecule has 1 rings (SSSR count). The molecule has 1 aromatic rings. The summed E-state index contributed by atoms with van der Waals surface area (Å²) in [5.41, 5.74) is 0. The van der Waals surface area contributed by atoms with Crippen molar-refractivity contribution in [1.29, 1.82) is 5.26 Å². The first-order valence-electron chi connectivity index (χ1n) is 3.19. The second-order valence-corrected chi connectivity index (χ2v) is 2.94. The number of hydrogen-bond donors (Lipinski definition) is 0. The molecule has 0 amide bonds. The standard InChI is InChI=1S/C8H5BrFNO/c9-6-1-2-7(10)8(5-6)12-4-3-11/h1-2,5H,4H2. The van der Waals surface area contributed by atoms with Gasteiger partial charge in [-0.25, -0.2) is 4.39 Å². The van der Waals surface area contributed by atoms with Crippen LogP contribution < -0.4 is 4.74 Å². The molecule has 0 bridgehead atoms. The largest absolute Gasteiger partial charge is 0.476 e. The first-order valence-corrected chi connectivity index (χ1v) is 3.98. The van der Waals surface area contributed by atoms with Gasteiger partial charge in [-0.1, -0.05) is 15.9 Å². The zero-order valence-electron chi connectivity index (χ0n) is 6.05. The molecule has 2 nitrogen and oxygen atoms in total. The molecule has 4 heteroatoms. The maximum absolute atomic E-state index is 12.8. The second kappa shape index (κ2) is 4.07. The highest BCUT2D eigenvalue weighted by molar-refractivity contribution is 9.10. The molecule has 1 aromatic carbocycles. The van der Waals surface area contributed by atoms with Gasteiger partial charge in [0.1, 0.15) is 6.07 Å². The van der Waals surface area contributed by atoms with Crippen LogP contribution in [0.2, 0.25) is 0 Å². The number of halogens is 2. The lowest BCUT2D eigenvalue weighted by Gasteiger charge is -2.02. The van der Waals surface area contributed by atoms with Crippen LogP contribution >= 0.6 is 15.9 Å². The van der Waals surface area contributed by atoms with Crippen LogP contribution in [0, 0.1) is 17.1 Å². The van der Waals surface area contributed by atoms with Crippen molar-refractivity contribution in [1.82, 2.24) is 0 Å². The lowest BCUT2D eigenvalue weighted by atomic mass is 10.3. The van der Waals surface area contributed by atoms with Gasteiger partial charge < -0.3 is 4.74 Å². The molecule has 0 N–H and O–H groups in total. The van der Waals surface area contributed by atoms with Gasteiger partial charge >= 0.3 is 0 Å². The Balaban J connectivity index is 2.84. The molecule has 62 valence electrons. The van der Waals surface area contributed by atoms with Gasteiger partial charge in [0.15, 0.2) is 18.2 Å². The van der Waals surface area contributed by atoms with Gasteiger partial charge in [0.25, 0.3) is 0 Å². The predicted molar refractivity (Wildman–Crippen MR) is 45.2 cm³/mol. The normalized spacial score (nSPS) is 9.08. The summed E-state index contributed by atoms with van der Waals surface area (Å²) in [5, 5.41) is 8.18. The van der Waals surface area contributed by atoms with E-state index in [1.807, 2.05) is 0 Å². The van der Waals surface area contributed by atoms with Crippen LogP contribution in [0.25, 0.3) is 0 Å². The average Bonchev–Trinajstić information content (AvgIpc) is 2.07. The maximum atomic E-state index is 12.8. The topological polar surface area (TPSA) is 33.0 Å². The Morgan fingerprint density at radius 3 is 3.00 bits per heavy atom. The Morgan fingerprint density at radius 2 is 2.33 bits per heavy atom. The number of benzene rings is 1. The third-order valence-electron chi connectivity index (χ3n) is 1.19. The van der Waals surface area contributed by atoms with E-state index in [-0.39, 0.29) is 12.4 Å². The number of rotatable bonds is 2. The lowest BCUT2D eigenvalue weighted by Crippen LogP contribution is -1.95. The monoisotopic (exact) mass is 229 g/mol. The van der Waals surface area contributed by atoms with Crippen molar-refractivity contribution in [2.45, 2.75) is 0 Å². The molecular weight excluding hydrogens is 225 g/mol. The van der Waals surface area contributed by atoms with E-state index in [1.54, 1.807) is 12.1 Å². The van der Waals surface area contributed by atoms with Crippen LogP contribution in [0.3, 0.4) is 0 Å². The van der Waals surface area contributed by atoms with Gasteiger partial charge in [-0.15, -0.1) is 0 Å². The van der Waals surface area contributed by atoms with Crippen molar-refractivity contribution in [2.75, 3.05) is 6.61 Å². The summed E-state index contributed by atoms with van der Waals surface area (Å²) < 4.78 is 18.4. The SMILES string of the molecule is N#CCOc1cc(Br)ccc1F. The van der Waals surface area contributed by atoms with Crippen molar-refractivity contribution in [2.24, 2.45) is 0 Å². The van der Waals surface area contributed by atoms with Crippen molar-refractivity contribution < 1.29 is 9.13 Å². The zero-order valence-corrected chi connectivity index (χ0v) is 7.64. The summed E-state index contributed by atoms with van der Waals surface area (Å²) >= 11 is 3.16. The Labute approximate surface area is 77.7 Å². The Kier molecular flexibility index (Phi) is 3.06. The summed E-state index contributed by atoms with van der Waals surface area (Å²) in [4.78, 5) is 0. The van der Waals surface area contributed by atoms with E-state index in [9.17, 15) is 4.39 Å². The maximum Gasteiger partial charge on any atom is 0.174 e. The van der Waals surface area contributed by atoms with Crippen LogP contribution in [0.4, 0.5) is 4.39 Å². The molecule has 0 aliphatic heterocycles. The minimum absolute atomic E-state index is 0.0888. The second-order valence-electron chi connectivity index (χ2n) is 2.02. The van der Waals surface area contributed by atoms with Crippen molar-refractivity contribution in [3.05, 3.63) is 28.5 Å². The molecule has 0 aliphatic carbocycles. The van der Waals surface area contributed by atoms with Gasteiger partial charge in [0, 0.05) is 4.47 Å². The molecule has 0 radical (unpaired) electrons.